The fourth-order valence-corrected chi connectivity index (χ4v) is 1.69. The Morgan fingerprint density at radius 2 is 2.26 bits per heavy atom. The maximum absolute atomic E-state index is 11.6. The van der Waals surface area contributed by atoms with Gasteiger partial charge in [-0.2, -0.15) is 5.10 Å². The van der Waals surface area contributed by atoms with E-state index in [2.05, 4.69) is 15.5 Å². The second-order valence-electron chi connectivity index (χ2n) is 3.89. The molecule has 0 aliphatic rings. The average Bonchev–Trinajstić information content (AvgIpc) is 2.40. The number of hydrogen-bond donors (Lipinski definition) is 1. The molecule has 1 amide bonds. The molecular formula is C14H12ClN3O. The fourth-order valence-electron chi connectivity index (χ4n) is 1.49. The molecule has 19 heavy (non-hydrogen) atoms. The molecule has 0 fully saturated rings. The van der Waals surface area contributed by atoms with Crippen molar-refractivity contribution >= 4 is 23.7 Å². The fraction of sp³-hybridized carbons (Fsp3) is 0.0714. The second-order valence-corrected chi connectivity index (χ2v) is 4.32. The SMILES string of the molecule is O=C(Cc1cccnc1)N/N=C\c1cccc(Cl)c1. The molecule has 1 N–H and O–H groups in total. The predicted molar refractivity (Wildman–Crippen MR) is 75.1 cm³/mol. The summed E-state index contributed by atoms with van der Waals surface area (Å²) >= 11 is 5.84. The minimum absolute atomic E-state index is 0.189. The van der Waals surface area contributed by atoms with Crippen LogP contribution in [0.4, 0.5) is 0 Å². The summed E-state index contributed by atoms with van der Waals surface area (Å²) in [5.74, 6) is -0.189. The van der Waals surface area contributed by atoms with Gasteiger partial charge in [-0.3, -0.25) is 9.78 Å². The number of hydrogen-bond acceptors (Lipinski definition) is 3. The monoisotopic (exact) mass is 273 g/mol. The highest BCUT2D eigenvalue weighted by Gasteiger charge is 2.01. The van der Waals surface area contributed by atoms with Gasteiger partial charge in [0.1, 0.15) is 0 Å². The number of hydrazone groups is 1. The van der Waals surface area contributed by atoms with E-state index in [1.54, 1.807) is 36.8 Å². The zero-order valence-corrected chi connectivity index (χ0v) is 10.8. The van der Waals surface area contributed by atoms with Gasteiger partial charge in [-0.25, -0.2) is 5.43 Å². The molecule has 0 bridgehead atoms. The second kappa shape index (κ2) is 6.66. The zero-order valence-electron chi connectivity index (χ0n) is 10.1. The first-order valence-corrected chi connectivity index (χ1v) is 6.08. The lowest BCUT2D eigenvalue weighted by molar-refractivity contribution is -0.120. The van der Waals surface area contributed by atoms with Crippen LogP contribution in [-0.2, 0) is 11.2 Å². The maximum atomic E-state index is 11.6. The molecule has 96 valence electrons. The van der Waals surface area contributed by atoms with E-state index >= 15 is 0 Å². The smallest absolute Gasteiger partial charge is 0.244 e. The first kappa shape index (κ1) is 13.2. The molecule has 1 heterocycles. The van der Waals surface area contributed by atoms with Gasteiger partial charge >= 0.3 is 0 Å². The first-order chi connectivity index (χ1) is 9.24. The topological polar surface area (TPSA) is 54.4 Å². The lowest BCUT2D eigenvalue weighted by atomic mass is 10.2. The molecule has 0 saturated heterocycles. The van der Waals surface area contributed by atoms with E-state index < -0.39 is 0 Å². The van der Waals surface area contributed by atoms with Crippen LogP contribution in [0.2, 0.25) is 5.02 Å². The third-order valence-corrected chi connectivity index (χ3v) is 2.57. The number of halogens is 1. The Hall–Kier alpha value is -2.20. The van der Waals surface area contributed by atoms with Gasteiger partial charge in [0.2, 0.25) is 5.91 Å². The van der Waals surface area contributed by atoms with Gasteiger partial charge in [-0.15, -0.1) is 0 Å². The minimum atomic E-state index is -0.189. The highest BCUT2D eigenvalue weighted by atomic mass is 35.5. The number of pyridine rings is 1. The Bertz CT molecular complexity index is 584. The van der Waals surface area contributed by atoms with E-state index in [4.69, 9.17) is 11.6 Å². The van der Waals surface area contributed by atoms with Crippen LogP contribution in [0.15, 0.2) is 53.9 Å². The lowest BCUT2D eigenvalue weighted by Gasteiger charge is -1.99. The van der Waals surface area contributed by atoms with Crippen molar-refractivity contribution in [3.05, 3.63) is 64.9 Å². The number of carbonyl (C=O) groups is 1. The van der Waals surface area contributed by atoms with Crippen molar-refractivity contribution in [2.24, 2.45) is 5.10 Å². The standard InChI is InChI=1S/C14H12ClN3O/c15-13-5-1-3-11(7-13)10-17-18-14(19)8-12-4-2-6-16-9-12/h1-7,9-10H,8H2,(H,18,19)/b17-10-. The summed E-state index contributed by atoms with van der Waals surface area (Å²) in [6.07, 6.45) is 5.12. The quantitative estimate of drug-likeness (QED) is 0.687. The summed E-state index contributed by atoms with van der Waals surface area (Å²) in [4.78, 5) is 15.5. The zero-order chi connectivity index (χ0) is 13.5. The van der Waals surface area contributed by atoms with Crippen molar-refractivity contribution in [2.45, 2.75) is 6.42 Å². The molecule has 4 nitrogen and oxygen atoms in total. The molecule has 0 aliphatic carbocycles. The Labute approximate surface area is 116 Å². The summed E-state index contributed by atoms with van der Waals surface area (Å²) < 4.78 is 0. The molecule has 0 spiro atoms. The van der Waals surface area contributed by atoms with Crippen molar-refractivity contribution in [2.75, 3.05) is 0 Å². The Morgan fingerprint density at radius 1 is 1.37 bits per heavy atom. The number of carbonyl (C=O) groups excluding carboxylic acids is 1. The van der Waals surface area contributed by atoms with Gasteiger partial charge < -0.3 is 0 Å². The Kier molecular flexibility index (Phi) is 4.64. The van der Waals surface area contributed by atoms with Crippen LogP contribution < -0.4 is 5.43 Å². The molecule has 2 aromatic rings. The number of aromatic nitrogens is 1. The maximum Gasteiger partial charge on any atom is 0.244 e. The van der Waals surface area contributed by atoms with Gasteiger partial charge in [0.25, 0.3) is 0 Å². The number of nitrogens with one attached hydrogen (secondary N) is 1. The van der Waals surface area contributed by atoms with E-state index in [0.717, 1.165) is 11.1 Å². The van der Waals surface area contributed by atoms with Crippen molar-refractivity contribution in [3.8, 4) is 0 Å². The summed E-state index contributed by atoms with van der Waals surface area (Å²) in [5.41, 5.74) is 4.13. The minimum Gasteiger partial charge on any atom is -0.273 e. The van der Waals surface area contributed by atoms with Crippen LogP contribution in [0.5, 0.6) is 0 Å². The number of nitrogens with zero attached hydrogens (tertiary/aromatic N) is 2. The van der Waals surface area contributed by atoms with Crippen LogP contribution in [0.1, 0.15) is 11.1 Å². The number of benzene rings is 1. The molecule has 0 atom stereocenters. The molecule has 1 aromatic carbocycles. The number of rotatable bonds is 4. The van der Waals surface area contributed by atoms with E-state index in [-0.39, 0.29) is 12.3 Å². The van der Waals surface area contributed by atoms with Crippen LogP contribution in [0.3, 0.4) is 0 Å². The van der Waals surface area contributed by atoms with Crippen molar-refractivity contribution < 1.29 is 4.79 Å². The Balaban J connectivity index is 1.87. The largest absolute Gasteiger partial charge is 0.273 e. The highest BCUT2D eigenvalue weighted by Crippen LogP contribution is 2.08. The Morgan fingerprint density at radius 3 is 3.00 bits per heavy atom. The van der Waals surface area contributed by atoms with Gasteiger partial charge in [0.15, 0.2) is 0 Å². The molecule has 5 heteroatoms. The molecular weight excluding hydrogens is 262 g/mol. The van der Waals surface area contributed by atoms with Gasteiger partial charge in [-0.1, -0.05) is 29.8 Å². The summed E-state index contributed by atoms with van der Waals surface area (Å²) in [6.45, 7) is 0. The van der Waals surface area contributed by atoms with Crippen LogP contribution in [0.25, 0.3) is 0 Å². The molecule has 2 rings (SSSR count). The van der Waals surface area contributed by atoms with Crippen molar-refractivity contribution in [1.82, 2.24) is 10.4 Å². The van der Waals surface area contributed by atoms with Gasteiger partial charge in [-0.05, 0) is 29.3 Å². The van der Waals surface area contributed by atoms with Crippen LogP contribution in [-0.4, -0.2) is 17.1 Å². The van der Waals surface area contributed by atoms with Crippen LogP contribution >= 0.6 is 11.6 Å². The van der Waals surface area contributed by atoms with Gasteiger partial charge in [0, 0.05) is 17.4 Å². The first-order valence-electron chi connectivity index (χ1n) is 5.70. The van der Waals surface area contributed by atoms with Crippen LogP contribution in [0, 0.1) is 0 Å². The molecule has 0 radical (unpaired) electrons. The summed E-state index contributed by atoms with van der Waals surface area (Å²) in [7, 11) is 0. The summed E-state index contributed by atoms with van der Waals surface area (Å²) in [6, 6.07) is 10.8. The van der Waals surface area contributed by atoms with Crippen molar-refractivity contribution in [1.29, 1.82) is 0 Å². The highest BCUT2D eigenvalue weighted by molar-refractivity contribution is 6.30. The van der Waals surface area contributed by atoms with Gasteiger partial charge in [0.05, 0.1) is 12.6 Å². The third-order valence-electron chi connectivity index (χ3n) is 2.34. The molecule has 1 aromatic heterocycles. The normalized spacial score (nSPS) is 10.6. The molecule has 0 aliphatic heterocycles. The molecule has 0 saturated carbocycles. The van der Waals surface area contributed by atoms with E-state index in [1.807, 2.05) is 18.2 Å². The molecule has 0 unspecified atom stereocenters. The third kappa shape index (κ3) is 4.52. The summed E-state index contributed by atoms with van der Waals surface area (Å²) in [5, 5.41) is 4.51. The lowest BCUT2D eigenvalue weighted by Crippen LogP contribution is -2.19. The van der Waals surface area contributed by atoms with E-state index in [1.165, 1.54) is 0 Å². The predicted octanol–water partition coefficient (Wildman–Crippen LogP) is 2.43. The number of amides is 1. The van der Waals surface area contributed by atoms with E-state index in [0.29, 0.717) is 5.02 Å². The van der Waals surface area contributed by atoms with E-state index in [9.17, 15) is 4.79 Å². The average molecular weight is 274 g/mol. The van der Waals surface area contributed by atoms with Crippen molar-refractivity contribution in [3.63, 3.8) is 0 Å².